The van der Waals surface area contributed by atoms with E-state index in [9.17, 15) is 9.59 Å². The second-order valence-corrected chi connectivity index (χ2v) is 6.89. The van der Waals surface area contributed by atoms with Gasteiger partial charge < -0.3 is 14.4 Å². The van der Waals surface area contributed by atoms with Crippen LogP contribution < -0.4 is 10.9 Å². The highest BCUT2D eigenvalue weighted by Gasteiger charge is 2.25. The lowest BCUT2D eigenvalue weighted by molar-refractivity contribution is 0.0936. The molecule has 0 saturated heterocycles. The third-order valence-electron chi connectivity index (χ3n) is 5.14. The van der Waals surface area contributed by atoms with Crippen LogP contribution in [0.2, 0.25) is 0 Å². The average Bonchev–Trinajstić information content (AvgIpc) is 3.35. The summed E-state index contributed by atoms with van der Waals surface area (Å²) in [6.07, 6.45) is 4.03. The summed E-state index contributed by atoms with van der Waals surface area (Å²) in [5.41, 5.74) is 3.60. The van der Waals surface area contributed by atoms with E-state index in [1.807, 2.05) is 26.0 Å². The van der Waals surface area contributed by atoms with Crippen molar-refractivity contribution in [1.29, 1.82) is 0 Å². The number of carbonyl (C=O) groups is 1. The molecule has 0 saturated carbocycles. The lowest BCUT2D eigenvalue weighted by atomic mass is 10.0. The molecule has 0 aliphatic heterocycles. The molecule has 0 spiro atoms. The number of aromatic nitrogens is 3. The molecule has 2 aromatic heterocycles. The quantitative estimate of drug-likeness (QED) is 0.737. The van der Waals surface area contributed by atoms with Crippen LogP contribution in [0, 0.1) is 0 Å². The van der Waals surface area contributed by atoms with Crippen LogP contribution in [0.1, 0.15) is 53.7 Å². The van der Waals surface area contributed by atoms with Crippen molar-refractivity contribution in [3.05, 3.63) is 69.5 Å². The number of amides is 1. The van der Waals surface area contributed by atoms with Crippen LogP contribution in [0.3, 0.4) is 0 Å². The molecule has 144 valence electrons. The Labute approximate surface area is 162 Å². The highest BCUT2D eigenvalue weighted by atomic mass is 16.5. The fourth-order valence-electron chi connectivity index (χ4n) is 3.58. The predicted octanol–water partition coefficient (Wildman–Crippen LogP) is 2.90. The number of benzene rings is 1. The molecule has 1 atom stereocenters. The lowest BCUT2D eigenvalue weighted by Gasteiger charge is -2.15. The first-order valence-electron chi connectivity index (χ1n) is 9.56. The standard InChI is InChI=1S/C21H22N4O3/c1-3-18-23-20(24-28-18)14-5-8-16-13(11-14)6-9-17(16)22-21(27)15-7-10-19(26)25(4-2)12-15/h5,7-8,10-12,17H,3-4,6,9H2,1-2H3,(H,22,27)/t17-/m1/s1. The van der Waals surface area contributed by atoms with Crippen LogP contribution in [0.25, 0.3) is 11.4 Å². The van der Waals surface area contributed by atoms with Gasteiger partial charge in [-0.3, -0.25) is 9.59 Å². The van der Waals surface area contributed by atoms with Crippen LogP contribution in [0.15, 0.2) is 45.8 Å². The van der Waals surface area contributed by atoms with E-state index in [1.165, 1.54) is 16.2 Å². The Bertz CT molecular complexity index is 1080. The maximum absolute atomic E-state index is 12.7. The molecule has 2 heterocycles. The van der Waals surface area contributed by atoms with Gasteiger partial charge in [-0.05, 0) is 43.0 Å². The summed E-state index contributed by atoms with van der Waals surface area (Å²) in [7, 11) is 0. The van der Waals surface area contributed by atoms with Crippen molar-refractivity contribution in [2.24, 2.45) is 0 Å². The monoisotopic (exact) mass is 378 g/mol. The van der Waals surface area contributed by atoms with Gasteiger partial charge in [0.25, 0.3) is 11.5 Å². The van der Waals surface area contributed by atoms with Gasteiger partial charge in [0.2, 0.25) is 11.7 Å². The lowest BCUT2D eigenvalue weighted by Crippen LogP contribution is -2.29. The second kappa shape index (κ2) is 7.42. The zero-order chi connectivity index (χ0) is 19.7. The molecule has 7 nitrogen and oxygen atoms in total. The molecule has 1 amide bonds. The van der Waals surface area contributed by atoms with E-state index in [4.69, 9.17) is 4.52 Å². The molecule has 0 fully saturated rings. The minimum Gasteiger partial charge on any atom is -0.345 e. The molecule has 1 aliphatic rings. The Hall–Kier alpha value is -3.22. The largest absolute Gasteiger partial charge is 0.345 e. The van der Waals surface area contributed by atoms with Crippen molar-refractivity contribution < 1.29 is 9.32 Å². The molecule has 1 aliphatic carbocycles. The first-order chi connectivity index (χ1) is 13.6. The zero-order valence-corrected chi connectivity index (χ0v) is 15.9. The fraction of sp³-hybridized carbons (Fsp3) is 0.333. The molecule has 0 bridgehead atoms. The molecule has 1 aromatic carbocycles. The summed E-state index contributed by atoms with van der Waals surface area (Å²) in [4.78, 5) is 28.8. The van der Waals surface area contributed by atoms with Gasteiger partial charge in [-0.25, -0.2) is 0 Å². The minimum atomic E-state index is -0.171. The number of hydrogen-bond donors (Lipinski definition) is 1. The van der Waals surface area contributed by atoms with Crippen LogP contribution in [0.5, 0.6) is 0 Å². The summed E-state index contributed by atoms with van der Waals surface area (Å²) >= 11 is 0. The highest BCUT2D eigenvalue weighted by Crippen LogP contribution is 2.33. The van der Waals surface area contributed by atoms with Crippen LogP contribution in [-0.2, 0) is 19.4 Å². The number of fused-ring (bicyclic) bond motifs is 1. The maximum atomic E-state index is 12.7. The van der Waals surface area contributed by atoms with Crippen molar-refractivity contribution in [3.63, 3.8) is 0 Å². The van der Waals surface area contributed by atoms with Crippen LogP contribution in [0.4, 0.5) is 0 Å². The fourth-order valence-corrected chi connectivity index (χ4v) is 3.58. The van der Waals surface area contributed by atoms with Gasteiger partial charge >= 0.3 is 0 Å². The summed E-state index contributed by atoms with van der Waals surface area (Å²) in [5, 5.41) is 7.12. The van der Waals surface area contributed by atoms with E-state index in [0.29, 0.717) is 30.2 Å². The predicted molar refractivity (Wildman–Crippen MR) is 104 cm³/mol. The van der Waals surface area contributed by atoms with Crippen LogP contribution >= 0.6 is 0 Å². The van der Waals surface area contributed by atoms with E-state index in [1.54, 1.807) is 12.3 Å². The first kappa shape index (κ1) is 18.2. The second-order valence-electron chi connectivity index (χ2n) is 6.89. The summed E-state index contributed by atoms with van der Waals surface area (Å²) in [6, 6.07) is 9.02. The molecule has 0 radical (unpaired) electrons. The molecule has 7 heteroatoms. The normalized spacial score (nSPS) is 15.4. The van der Waals surface area contributed by atoms with E-state index in [-0.39, 0.29) is 17.5 Å². The Balaban J connectivity index is 1.53. The highest BCUT2D eigenvalue weighted by molar-refractivity contribution is 5.94. The van der Waals surface area contributed by atoms with Gasteiger partial charge in [-0.2, -0.15) is 4.98 Å². The first-order valence-corrected chi connectivity index (χ1v) is 9.56. The third-order valence-corrected chi connectivity index (χ3v) is 5.14. The number of hydrogen-bond acceptors (Lipinski definition) is 5. The molecule has 4 rings (SSSR count). The summed E-state index contributed by atoms with van der Waals surface area (Å²) in [6.45, 7) is 4.38. The molecule has 1 N–H and O–H groups in total. The van der Waals surface area contributed by atoms with E-state index in [2.05, 4.69) is 21.5 Å². The molecule has 28 heavy (non-hydrogen) atoms. The average molecular weight is 378 g/mol. The minimum absolute atomic E-state index is 0.0463. The van der Waals surface area contributed by atoms with Gasteiger partial charge in [-0.1, -0.05) is 24.2 Å². The smallest absolute Gasteiger partial charge is 0.253 e. The topological polar surface area (TPSA) is 90.0 Å². The maximum Gasteiger partial charge on any atom is 0.253 e. The SMILES string of the molecule is CCc1nc(-c2ccc3c(c2)CC[C@H]3NC(=O)c2ccc(=O)n(CC)c2)no1. The Morgan fingerprint density at radius 3 is 2.89 bits per heavy atom. The summed E-state index contributed by atoms with van der Waals surface area (Å²) in [5.74, 6) is 1.04. The Morgan fingerprint density at radius 1 is 1.29 bits per heavy atom. The van der Waals surface area contributed by atoms with Crippen molar-refractivity contribution >= 4 is 5.91 Å². The molecular weight excluding hydrogens is 356 g/mol. The number of aryl methyl sites for hydroxylation is 3. The molecular formula is C21H22N4O3. The van der Waals surface area contributed by atoms with Gasteiger partial charge in [0, 0.05) is 30.8 Å². The number of nitrogens with one attached hydrogen (secondary N) is 1. The number of carbonyl (C=O) groups excluding carboxylic acids is 1. The van der Waals surface area contributed by atoms with E-state index in [0.717, 1.165) is 24.0 Å². The van der Waals surface area contributed by atoms with E-state index < -0.39 is 0 Å². The van der Waals surface area contributed by atoms with E-state index >= 15 is 0 Å². The van der Waals surface area contributed by atoms with Crippen molar-refractivity contribution in [1.82, 2.24) is 20.0 Å². The zero-order valence-electron chi connectivity index (χ0n) is 15.9. The third kappa shape index (κ3) is 3.35. The Morgan fingerprint density at radius 2 is 2.14 bits per heavy atom. The number of pyridine rings is 1. The van der Waals surface area contributed by atoms with Crippen LogP contribution in [-0.4, -0.2) is 20.6 Å². The van der Waals surface area contributed by atoms with Crippen molar-refractivity contribution in [2.45, 2.75) is 45.7 Å². The summed E-state index contributed by atoms with van der Waals surface area (Å²) < 4.78 is 6.72. The van der Waals surface area contributed by atoms with Gasteiger partial charge in [0.05, 0.1) is 11.6 Å². The van der Waals surface area contributed by atoms with Crippen molar-refractivity contribution in [2.75, 3.05) is 0 Å². The van der Waals surface area contributed by atoms with Gasteiger partial charge in [0.1, 0.15) is 0 Å². The molecule has 0 unspecified atom stereocenters. The number of nitrogens with zero attached hydrogens (tertiary/aromatic N) is 3. The Kier molecular flexibility index (Phi) is 4.81. The van der Waals surface area contributed by atoms with Gasteiger partial charge in [0.15, 0.2) is 0 Å². The number of rotatable bonds is 5. The van der Waals surface area contributed by atoms with Crippen molar-refractivity contribution in [3.8, 4) is 11.4 Å². The molecule has 3 aromatic rings. The van der Waals surface area contributed by atoms with Gasteiger partial charge in [-0.15, -0.1) is 0 Å².